The minimum Gasteiger partial charge on any atom is -0.489 e. The van der Waals surface area contributed by atoms with Gasteiger partial charge in [0.2, 0.25) is 0 Å². The number of aromatic nitrogens is 4. The first-order valence-electron chi connectivity index (χ1n) is 36.5. The molecule has 0 saturated heterocycles. The lowest BCUT2D eigenvalue weighted by atomic mass is 10.1. The normalized spacial score (nSPS) is 11.6. The van der Waals surface area contributed by atoms with Crippen LogP contribution in [0, 0.1) is 0 Å². The summed E-state index contributed by atoms with van der Waals surface area (Å²) in [5, 5.41) is 20.5. The Morgan fingerprint density at radius 1 is 0.176 bits per heavy atom. The number of aliphatic hydroxyl groups excluding tert-OH is 1. The zero-order valence-corrected chi connectivity index (χ0v) is 59.0. The highest BCUT2D eigenvalue weighted by Gasteiger charge is 2.19. The number of aliphatic hydroxyl groups is 1. The van der Waals surface area contributed by atoms with Crippen molar-refractivity contribution in [2.45, 2.75) is 46.2 Å². The molecule has 0 aliphatic heterocycles. The van der Waals surface area contributed by atoms with Crippen molar-refractivity contribution in [1.82, 2.24) is 18.3 Å². The maximum absolute atomic E-state index is 10.7. The minimum atomic E-state index is -0.228. The Hall–Kier alpha value is -13.7. The summed E-state index contributed by atoms with van der Waals surface area (Å²) in [5.74, 6) is 3.55. The first kappa shape index (κ1) is 65.1. The van der Waals surface area contributed by atoms with Gasteiger partial charge in [0.15, 0.2) is 0 Å². The van der Waals surface area contributed by atoms with Crippen LogP contribution in [0.3, 0.4) is 0 Å². The number of para-hydroxylation sites is 8. The zero-order valence-electron chi connectivity index (χ0n) is 59.0. The van der Waals surface area contributed by atoms with Crippen LogP contribution in [0.15, 0.2) is 346 Å². The molecule has 0 atom stereocenters. The van der Waals surface area contributed by atoms with Crippen molar-refractivity contribution in [3.8, 4) is 57.2 Å². The summed E-state index contributed by atoms with van der Waals surface area (Å²) in [6, 6.07) is 120. The van der Waals surface area contributed by atoms with E-state index >= 15 is 0 Å². The maximum Gasteiger partial charge on any atom is 0.123 e. The fourth-order valence-corrected chi connectivity index (χ4v) is 15.4. The molecule has 4 heterocycles. The molecule has 0 aliphatic carbocycles. The van der Waals surface area contributed by atoms with Gasteiger partial charge in [-0.15, -0.1) is 0 Å². The predicted molar refractivity (Wildman–Crippen MR) is 434 cm³/mol. The smallest absolute Gasteiger partial charge is 0.123 e. The van der Waals surface area contributed by atoms with Crippen molar-refractivity contribution in [1.29, 1.82) is 0 Å². The van der Waals surface area contributed by atoms with E-state index in [-0.39, 0.29) is 19.8 Å². The number of ether oxygens (including phenoxy) is 6. The molecule has 11 nitrogen and oxygen atoms in total. The van der Waals surface area contributed by atoms with Gasteiger partial charge in [-0.05, 0) is 172 Å². The van der Waals surface area contributed by atoms with Crippen molar-refractivity contribution in [3.05, 3.63) is 385 Å². The minimum absolute atomic E-state index is 0.161. The second-order valence-corrected chi connectivity index (χ2v) is 27.5. The van der Waals surface area contributed by atoms with E-state index in [4.69, 9.17) is 28.4 Å². The van der Waals surface area contributed by atoms with Crippen LogP contribution in [0.5, 0.6) is 34.5 Å². The maximum atomic E-state index is 10.7. The standard InChI is InChI=1S/C97H72N4O7/c102-58-69-49-76(107-63-70-51-78(103-59-65-33-41-72(42-34-65)98-90-25-9-1-17-82(90)83-18-2-10-26-91(83)98)56-79(52-70)104-60-66-35-43-73(44-36-66)99-92-27-11-3-19-84(92)85-20-4-12-28-93(85)99)55-77(50-69)108-64-71-53-80(105-61-67-37-45-74(46-38-67)100-94-29-13-5-21-86(94)87-22-6-14-30-95(87)100)57-81(54-71)106-62-68-39-47-75(48-40-68)101-96-31-15-7-23-88(96)89-24-8-16-32-97(89)101/h1-57,102H,58-64H2. The molecule has 0 bridgehead atoms. The highest BCUT2D eigenvalue weighted by molar-refractivity contribution is 6.12. The van der Waals surface area contributed by atoms with E-state index in [0.29, 0.717) is 66.5 Å². The van der Waals surface area contributed by atoms with Gasteiger partial charge in [-0.3, -0.25) is 0 Å². The van der Waals surface area contributed by atoms with E-state index in [9.17, 15) is 5.11 Å². The van der Waals surface area contributed by atoms with E-state index in [1.54, 1.807) is 0 Å². The molecule has 0 amide bonds. The summed E-state index contributed by atoms with van der Waals surface area (Å²) in [7, 11) is 0. The number of benzene rings is 15. The van der Waals surface area contributed by atoms with Crippen LogP contribution in [0.4, 0.5) is 0 Å². The average molecular weight is 1410 g/mol. The summed E-state index contributed by atoms with van der Waals surface area (Å²) in [6.45, 7) is 1.38. The monoisotopic (exact) mass is 1400 g/mol. The molecular weight excluding hydrogens is 1330 g/mol. The largest absolute Gasteiger partial charge is 0.489 e. The van der Waals surface area contributed by atoms with E-state index in [1.807, 2.05) is 54.6 Å². The number of fused-ring (bicyclic) bond motifs is 12. The van der Waals surface area contributed by atoms with Gasteiger partial charge in [-0.1, -0.05) is 194 Å². The first-order chi connectivity index (χ1) is 53.4. The molecule has 0 aliphatic rings. The van der Waals surface area contributed by atoms with Crippen molar-refractivity contribution in [2.75, 3.05) is 0 Å². The average Bonchev–Trinajstić information content (AvgIpc) is 1.62. The zero-order chi connectivity index (χ0) is 71.9. The Kier molecular flexibility index (Phi) is 17.1. The number of hydrogen-bond donors (Lipinski definition) is 1. The van der Waals surface area contributed by atoms with Gasteiger partial charge < -0.3 is 51.8 Å². The highest BCUT2D eigenvalue weighted by Crippen LogP contribution is 2.39. The van der Waals surface area contributed by atoms with Crippen molar-refractivity contribution < 1.29 is 33.5 Å². The molecule has 522 valence electrons. The van der Waals surface area contributed by atoms with E-state index < -0.39 is 0 Å². The summed E-state index contributed by atoms with van der Waals surface area (Å²) in [5.41, 5.74) is 19.9. The molecule has 0 fully saturated rings. The van der Waals surface area contributed by atoms with Gasteiger partial charge >= 0.3 is 0 Å². The third-order valence-electron chi connectivity index (χ3n) is 20.5. The SMILES string of the molecule is OCc1cc(OCc2cc(OCc3ccc(-n4c5ccccc5c5ccccc54)cc3)cc(OCc3ccc(-n4c5ccccc5c5ccccc54)cc3)c2)cc(OCc2cc(OCc3ccc(-n4c5ccccc5c5ccccc54)cc3)cc(OCc3ccc(-n4c5ccccc5c5ccccc54)cc3)c2)c1. The third kappa shape index (κ3) is 12.7. The molecule has 19 aromatic rings. The Bertz CT molecular complexity index is 5580. The van der Waals surface area contributed by atoms with Gasteiger partial charge in [0.1, 0.15) is 74.1 Å². The molecule has 108 heavy (non-hydrogen) atoms. The lowest BCUT2D eigenvalue weighted by Crippen LogP contribution is -2.03. The number of hydrogen-bond acceptors (Lipinski definition) is 7. The van der Waals surface area contributed by atoms with Crippen molar-refractivity contribution in [3.63, 3.8) is 0 Å². The van der Waals surface area contributed by atoms with Gasteiger partial charge in [0.25, 0.3) is 0 Å². The van der Waals surface area contributed by atoms with Crippen LogP contribution < -0.4 is 28.4 Å². The topological polar surface area (TPSA) is 95.3 Å². The quantitative estimate of drug-likeness (QED) is 0.0682. The lowest BCUT2D eigenvalue weighted by molar-refractivity contribution is 0.267. The van der Waals surface area contributed by atoms with E-state index in [2.05, 4.69) is 309 Å². The molecule has 0 radical (unpaired) electrons. The molecule has 0 spiro atoms. The first-order valence-corrected chi connectivity index (χ1v) is 36.5. The third-order valence-corrected chi connectivity index (χ3v) is 20.5. The van der Waals surface area contributed by atoms with Crippen LogP contribution in [0.25, 0.3) is 110 Å². The van der Waals surface area contributed by atoms with Crippen LogP contribution in [0.1, 0.15) is 38.9 Å². The Labute approximate surface area is 623 Å². The van der Waals surface area contributed by atoms with Crippen molar-refractivity contribution >= 4 is 87.2 Å². The molecule has 4 aromatic heterocycles. The molecule has 0 saturated carbocycles. The molecular formula is C97H72N4O7. The molecule has 11 heteroatoms. The Morgan fingerprint density at radius 2 is 0.343 bits per heavy atom. The second kappa shape index (κ2) is 28.4. The summed E-state index contributed by atoms with van der Waals surface area (Å²) < 4.78 is 49.2. The summed E-state index contributed by atoms with van der Waals surface area (Å²) >= 11 is 0. The highest BCUT2D eigenvalue weighted by atomic mass is 16.5. The Balaban J connectivity index is 0.577. The molecule has 0 unspecified atom stereocenters. The summed E-state index contributed by atoms with van der Waals surface area (Å²) in [4.78, 5) is 0. The van der Waals surface area contributed by atoms with Crippen LogP contribution >= 0.6 is 0 Å². The fourth-order valence-electron chi connectivity index (χ4n) is 15.4. The summed E-state index contributed by atoms with van der Waals surface area (Å²) in [6.07, 6.45) is 0. The molecule has 1 N–H and O–H groups in total. The molecule has 19 rings (SSSR count). The number of rotatable bonds is 23. The van der Waals surface area contributed by atoms with Crippen LogP contribution in [-0.4, -0.2) is 23.4 Å². The van der Waals surface area contributed by atoms with Gasteiger partial charge in [-0.25, -0.2) is 0 Å². The van der Waals surface area contributed by atoms with Gasteiger partial charge in [0, 0.05) is 84.0 Å². The predicted octanol–water partition coefficient (Wildman–Crippen LogP) is 23.0. The second-order valence-electron chi connectivity index (χ2n) is 27.5. The van der Waals surface area contributed by atoms with Gasteiger partial charge in [-0.2, -0.15) is 0 Å². The number of nitrogens with zero attached hydrogens (tertiary/aromatic N) is 4. The van der Waals surface area contributed by atoms with Crippen molar-refractivity contribution in [2.24, 2.45) is 0 Å². The van der Waals surface area contributed by atoms with Crippen LogP contribution in [-0.2, 0) is 46.2 Å². The van der Waals surface area contributed by atoms with Gasteiger partial charge in [0.05, 0.1) is 50.7 Å². The molecule has 15 aromatic carbocycles. The lowest BCUT2D eigenvalue weighted by Gasteiger charge is -2.16. The Morgan fingerprint density at radius 3 is 0.528 bits per heavy atom. The fraction of sp³-hybridized carbons (Fsp3) is 0.0722. The van der Waals surface area contributed by atoms with E-state index in [0.717, 1.165) is 100 Å². The van der Waals surface area contributed by atoms with E-state index in [1.165, 1.54) is 43.1 Å². The van der Waals surface area contributed by atoms with Crippen LogP contribution in [0.2, 0.25) is 0 Å².